The van der Waals surface area contributed by atoms with E-state index >= 15 is 0 Å². The Kier molecular flexibility index (Phi) is 14.3. The summed E-state index contributed by atoms with van der Waals surface area (Å²) in [6.45, 7) is 2.58. The third-order valence-corrected chi connectivity index (χ3v) is 5.38. The predicted molar refractivity (Wildman–Crippen MR) is 127 cm³/mol. The molecule has 0 amide bonds. The second-order valence-corrected chi connectivity index (χ2v) is 8.50. The van der Waals surface area contributed by atoms with Crippen molar-refractivity contribution in [1.82, 2.24) is 14.9 Å². The van der Waals surface area contributed by atoms with Gasteiger partial charge in [-0.25, -0.2) is 19.4 Å². The largest absolute Gasteiger partial charge is 0.490 e. The molecule has 2 aromatic rings. The van der Waals surface area contributed by atoms with E-state index in [1.165, 1.54) is 0 Å². The van der Waals surface area contributed by atoms with E-state index in [0.717, 1.165) is 38.2 Å². The van der Waals surface area contributed by atoms with Crippen LogP contribution < -0.4 is 4.74 Å². The summed E-state index contributed by atoms with van der Waals surface area (Å²) in [5.74, 6) is -7.59. The number of carbonyl (C=O) groups is 3. The molecular weight excluding hydrogens is 629 g/mol. The number of halogens is 9. The lowest BCUT2D eigenvalue weighted by molar-refractivity contribution is -0.193. The van der Waals surface area contributed by atoms with Crippen molar-refractivity contribution in [1.29, 1.82) is 0 Å². The average molecular weight is 653 g/mol. The van der Waals surface area contributed by atoms with Gasteiger partial charge in [-0.3, -0.25) is 9.88 Å². The highest BCUT2D eigenvalue weighted by molar-refractivity contribution is 5.73. The van der Waals surface area contributed by atoms with Crippen LogP contribution in [0.15, 0.2) is 48.8 Å². The number of carboxylic acids is 3. The lowest BCUT2D eigenvalue weighted by Gasteiger charge is -2.38. The van der Waals surface area contributed by atoms with E-state index in [1.807, 2.05) is 36.5 Å². The van der Waals surface area contributed by atoms with Crippen LogP contribution in [-0.4, -0.2) is 98.0 Å². The molecule has 1 saturated heterocycles. The summed E-state index contributed by atoms with van der Waals surface area (Å²) in [6.07, 6.45) is -9.33. The van der Waals surface area contributed by atoms with Gasteiger partial charge in [0.05, 0.1) is 12.3 Å². The summed E-state index contributed by atoms with van der Waals surface area (Å²) in [5, 5.41) is 21.4. The van der Waals surface area contributed by atoms with Crippen molar-refractivity contribution in [2.45, 2.75) is 56.2 Å². The van der Waals surface area contributed by atoms with Gasteiger partial charge in [0.25, 0.3) is 0 Å². The van der Waals surface area contributed by atoms with Gasteiger partial charge in [-0.2, -0.15) is 39.5 Å². The monoisotopic (exact) mass is 653 g/mol. The Bertz CT molecular complexity index is 1130. The van der Waals surface area contributed by atoms with E-state index in [9.17, 15) is 39.5 Å². The Morgan fingerprint density at radius 3 is 1.68 bits per heavy atom. The summed E-state index contributed by atoms with van der Waals surface area (Å²) in [6, 6.07) is 12.2. The van der Waals surface area contributed by atoms with Gasteiger partial charge in [-0.15, -0.1) is 0 Å². The van der Waals surface area contributed by atoms with Gasteiger partial charge < -0.3 is 24.8 Å². The number of pyridine rings is 2. The Morgan fingerprint density at radius 1 is 0.795 bits per heavy atom. The predicted octanol–water partition coefficient (Wildman–Crippen LogP) is 4.19. The van der Waals surface area contributed by atoms with Crippen molar-refractivity contribution < 1.29 is 78.7 Å². The third kappa shape index (κ3) is 13.8. The number of carboxylic acid groups (broad SMARTS) is 3. The number of aromatic nitrogens is 2. The van der Waals surface area contributed by atoms with Gasteiger partial charge in [0.1, 0.15) is 12.2 Å². The number of aliphatic carboxylic acids is 3. The molecule has 3 atom stereocenters. The number of nitrogens with zero attached hydrogens (tertiary/aromatic N) is 3. The topological polar surface area (TPSA) is 159 Å². The smallest absolute Gasteiger partial charge is 0.475 e. The average Bonchev–Trinajstić information content (AvgIpc) is 3.33. The van der Waals surface area contributed by atoms with Crippen LogP contribution in [0.25, 0.3) is 0 Å². The van der Waals surface area contributed by atoms with Crippen LogP contribution in [0.4, 0.5) is 39.5 Å². The molecule has 0 bridgehead atoms. The molecule has 3 heterocycles. The molecule has 2 aliphatic rings. The Morgan fingerprint density at radius 2 is 1.27 bits per heavy atom. The Labute approximate surface area is 241 Å². The van der Waals surface area contributed by atoms with Crippen LogP contribution in [0.5, 0.6) is 5.88 Å². The molecule has 2 fully saturated rings. The normalized spacial score (nSPS) is 19.8. The lowest BCUT2D eigenvalue weighted by Crippen LogP contribution is -2.51. The standard InChI is InChI=1S/C18H21N3O2.3C2HF3O2/c1-3-9-19-14(5-1)13-21-11-12-22-18-15(21)7-8-16(18)23-17-6-2-4-10-20-17;3*3-2(4,5)1(6)7/h1-6,9-10,15-16,18H,7-8,11-13H2;3*(H,6,7)/t15-,16-,18+;;;/m0.../s1. The van der Waals surface area contributed by atoms with E-state index in [1.54, 1.807) is 6.20 Å². The van der Waals surface area contributed by atoms with Gasteiger partial charge in [0, 0.05) is 37.6 Å². The third-order valence-electron chi connectivity index (χ3n) is 5.38. The van der Waals surface area contributed by atoms with Gasteiger partial charge >= 0.3 is 36.4 Å². The summed E-state index contributed by atoms with van der Waals surface area (Å²) < 4.78 is 107. The van der Waals surface area contributed by atoms with Gasteiger partial charge in [0.2, 0.25) is 5.88 Å². The van der Waals surface area contributed by atoms with Crippen molar-refractivity contribution in [2.75, 3.05) is 13.2 Å². The molecule has 11 nitrogen and oxygen atoms in total. The maximum Gasteiger partial charge on any atom is 0.490 e. The van der Waals surface area contributed by atoms with E-state index in [4.69, 9.17) is 39.2 Å². The van der Waals surface area contributed by atoms with Crippen LogP contribution in [0.3, 0.4) is 0 Å². The van der Waals surface area contributed by atoms with Gasteiger partial charge in [-0.05, 0) is 31.0 Å². The molecular formula is C24H24F9N3O8. The van der Waals surface area contributed by atoms with E-state index in [0.29, 0.717) is 11.9 Å². The summed E-state index contributed by atoms with van der Waals surface area (Å²) >= 11 is 0. The number of morpholine rings is 1. The molecule has 246 valence electrons. The van der Waals surface area contributed by atoms with Crippen LogP contribution in [-0.2, 0) is 25.7 Å². The van der Waals surface area contributed by atoms with Crippen LogP contribution >= 0.6 is 0 Å². The van der Waals surface area contributed by atoms with Crippen molar-refractivity contribution in [3.63, 3.8) is 0 Å². The molecule has 1 saturated carbocycles. The second-order valence-electron chi connectivity index (χ2n) is 8.50. The number of ether oxygens (including phenoxy) is 2. The van der Waals surface area contributed by atoms with Crippen molar-refractivity contribution in [2.24, 2.45) is 0 Å². The highest BCUT2D eigenvalue weighted by Crippen LogP contribution is 2.33. The second kappa shape index (κ2) is 16.6. The Balaban J connectivity index is 0.000000379. The summed E-state index contributed by atoms with van der Waals surface area (Å²) in [4.78, 5) is 37.9. The molecule has 0 unspecified atom stereocenters. The number of hydrogen-bond acceptors (Lipinski definition) is 8. The molecule has 0 aromatic carbocycles. The minimum atomic E-state index is -5.08. The van der Waals surface area contributed by atoms with Crippen molar-refractivity contribution >= 4 is 17.9 Å². The molecule has 4 rings (SSSR count). The zero-order chi connectivity index (χ0) is 33.7. The fourth-order valence-corrected chi connectivity index (χ4v) is 3.59. The fraction of sp³-hybridized carbons (Fsp3) is 0.458. The molecule has 3 N–H and O–H groups in total. The van der Waals surface area contributed by atoms with Gasteiger partial charge in [-0.1, -0.05) is 12.1 Å². The first-order chi connectivity index (χ1) is 20.2. The van der Waals surface area contributed by atoms with Crippen LogP contribution in [0.2, 0.25) is 0 Å². The first kappa shape index (κ1) is 37.8. The molecule has 2 aromatic heterocycles. The number of hydrogen-bond donors (Lipinski definition) is 3. The minimum Gasteiger partial charge on any atom is -0.475 e. The molecule has 0 radical (unpaired) electrons. The fourth-order valence-electron chi connectivity index (χ4n) is 3.59. The number of fused-ring (bicyclic) bond motifs is 1. The quantitative estimate of drug-likeness (QED) is 0.407. The molecule has 1 aliphatic heterocycles. The van der Waals surface area contributed by atoms with Crippen LogP contribution in [0.1, 0.15) is 18.5 Å². The first-order valence-electron chi connectivity index (χ1n) is 12.0. The molecule has 20 heteroatoms. The van der Waals surface area contributed by atoms with E-state index < -0.39 is 36.4 Å². The molecule has 0 spiro atoms. The molecule has 1 aliphatic carbocycles. The highest BCUT2D eigenvalue weighted by atomic mass is 19.4. The summed E-state index contributed by atoms with van der Waals surface area (Å²) in [7, 11) is 0. The molecule has 44 heavy (non-hydrogen) atoms. The zero-order valence-corrected chi connectivity index (χ0v) is 22.0. The minimum absolute atomic E-state index is 0.0847. The SMILES string of the molecule is O=C(O)C(F)(F)F.O=C(O)C(F)(F)F.O=C(O)C(F)(F)F.c1ccc(CN2CCO[C@H]3[C@@H](Oc4ccccn4)CC[C@@H]32)nc1. The number of alkyl halides is 9. The van der Waals surface area contributed by atoms with Crippen molar-refractivity contribution in [3.05, 3.63) is 54.5 Å². The summed E-state index contributed by atoms with van der Waals surface area (Å²) in [5.41, 5.74) is 1.11. The van der Waals surface area contributed by atoms with E-state index in [2.05, 4.69) is 20.9 Å². The zero-order valence-electron chi connectivity index (χ0n) is 22.0. The van der Waals surface area contributed by atoms with Crippen LogP contribution in [0, 0.1) is 0 Å². The Hall–Kier alpha value is -4.20. The maximum absolute atomic E-state index is 10.6. The van der Waals surface area contributed by atoms with Gasteiger partial charge in [0.15, 0.2) is 0 Å². The first-order valence-corrected chi connectivity index (χ1v) is 12.0. The van der Waals surface area contributed by atoms with E-state index in [-0.39, 0.29) is 12.2 Å². The number of rotatable bonds is 4. The maximum atomic E-state index is 10.6. The highest BCUT2D eigenvalue weighted by Gasteiger charge is 2.44. The van der Waals surface area contributed by atoms with Crippen molar-refractivity contribution in [3.8, 4) is 5.88 Å². The lowest BCUT2D eigenvalue weighted by atomic mass is 10.1.